The van der Waals surface area contributed by atoms with E-state index in [0.717, 1.165) is 32.7 Å². The fourth-order valence-corrected chi connectivity index (χ4v) is 2.58. The van der Waals surface area contributed by atoms with Crippen LogP contribution in [0.25, 0.3) is 0 Å². The standard InChI is InChI=1S/C15H23NO/c1-2-17-13-15(10-11-16-12-15)9-8-14-6-4-3-5-7-14/h3-7,16H,2,8-13H2,1H3. The molecule has 0 aliphatic carbocycles. The van der Waals surface area contributed by atoms with E-state index >= 15 is 0 Å². The number of benzene rings is 1. The molecule has 1 aliphatic heterocycles. The highest BCUT2D eigenvalue weighted by atomic mass is 16.5. The number of hydrogen-bond acceptors (Lipinski definition) is 2. The smallest absolute Gasteiger partial charge is 0.0535 e. The van der Waals surface area contributed by atoms with E-state index in [0.29, 0.717) is 5.41 Å². The van der Waals surface area contributed by atoms with Gasteiger partial charge in [-0.1, -0.05) is 30.3 Å². The van der Waals surface area contributed by atoms with Crippen LogP contribution in [-0.2, 0) is 11.2 Å². The Morgan fingerprint density at radius 2 is 2.12 bits per heavy atom. The second kappa shape index (κ2) is 6.18. The van der Waals surface area contributed by atoms with Crippen LogP contribution in [0, 0.1) is 5.41 Å². The third kappa shape index (κ3) is 3.55. The summed E-state index contributed by atoms with van der Waals surface area (Å²) in [5, 5.41) is 3.48. The van der Waals surface area contributed by atoms with Crippen LogP contribution in [0.3, 0.4) is 0 Å². The van der Waals surface area contributed by atoms with E-state index < -0.39 is 0 Å². The van der Waals surface area contributed by atoms with Gasteiger partial charge in [-0.3, -0.25) is 0 Å². The molecule has 2 rings (SSSR count). The molecule has 1 saturated heterocycles. The molecule has 17 heavy (non-hydrogen) atoms. The van der Waals surface area contributed by atoms with Crippen LogP contribution in [0.15, 0.2) is 30.3 Å². The molecule has 1 aliphatic rings. The highest BCUT2D eigenvalue weighted by molar-refractivity contribution is 5.15. The Morgan fingerprint density at radius 1 is 1.29 bits per heavy atom. The highest BCUT2D eigenvalue weighted by Gasteiger charge is 2.33. The minimum absolute atomic E-state index is 0.367. The summed E-state index contributed by atoms with van der Waals surface area (Å²) in [4.78, 5) is 0. The molecule has 1 aromatic carbocycles. The summed E-state index contributed by atoms with van der Waals surface area (Å²) in [6.45, 7) is 6.06. The molecule has 0 radical (unpaired) electrons. The number of rotatable bonds is 6. The maximum absolute atomic E-state index is 5.67. The van der Waals surface area contributed by atoms with Crippen molar-refractivity contribution in [3.63, 3.8) is 0 Å². The molecule has 0 aromatic heterocycles. The van der Waals surface area contributed by atoms with Crippen LogP contribution < -0.4 is 5.32 Å². The summed E-state index contributed by atoms with van der Waals surface area (Å²) in [7, 11) is 0. The summed E-state index contributed by atoms with van der Waals surface area (Å²) in [5.41, 5.74) is 1.81. The molecule has 1 fully saturated rings. The predicted octanol–water partition coefficient (Wildman–Crippen LogP) is 2.64. The molecule has 1 N–H and O–H groups in total. The van der Waals surface area contributed by atoms with Crippen molar-refractivity contribution in [3.8, 4) is 0 Å². The van der Waals surface area contributed by atoms with Crippen LogP contribution in [0.5, 0.6) is 0 Å². The van der Waals surface area contributed by atoms with Gasteiger partial charge in [0, 0.05) is 18.6 Å². The molecular formula is C15H23NO. The minimum Gasteiger partial charge on any atom is -0.381 e. The molecule has 0 saturated carbocycles. The van der Waals surface area contributed by atoms with Crippen molar-refractivity contribution in [2.45, 2.75) is 26.2 Å². The molecular weight excluding hydrogens is 210 g/mol. The first-order chi connectivity index (χ1) is 8.35. The maximum Gasteiger partial charge on any atom is 0.0535 e. The van der Waals surface area contributed by atoms with E-state index in [-0.39, 0.29) is 0 Å². The van der Waals surface area contributed by atoms with Crippen molar-refractivity contribution in [2.24, 2.45) is 5.41 Å². The molecule has 0 bridgehead atoms. The first kappa shape index (κ1) is 12.6. The lowest BCUT2D eigenvalue weighted by Crippen LogP contribution is -2.30. The van der Waals surface area contributed by atoms with Gasteiger partial charge in [0.25, 0.3) is 0 Å². The van der Waals surface area contributed by atoms with Gasteiger partial charge in [-0.15, -0.1) is 0 Å². The third-order valence-corrected chi connectivity index (χ3v) is 3.73. The lowest BCUT2D eigenvalue weighted by atomic mass is 9.82. The van der Waals surface area contributed by atoms with Gasteiger partial charge in [0.15, 0.2) is 0 Å². The Balaban J connectivity index is 1.89. The SMILES string of the molecule is CCOCC1(CCc2ccccc2)CCNC1. The average Bonchev–Trinajstić information content (AvgIpc) is 2.85. The van der Waals surface area contributed by atoms with Crippen molar-refractivity contribution < 1.29 is 4.74 Å². The highest BCUT2D eigenvalue weighted by Crippen LogP contribution is 2.31. The molecule has 1 aromatic rings. The van der Waals surface area contributed by atoms with Crippen molar-refractivity contribution in [2.75, 3.05) is 26.3 Å². The number of ether oxygens (including phenoxy) is 1. The van der Waals surface area contributed by atoms with Crippen LogP contribution in [0.1, 0.15) is 25.3 Å². The first-order valence-corrected chi connectivity index (χ1v) is 6.67. The number of hydrogen-bond donors (Lipinski definition) is 1. The monoisotopic (exact) mass is 233 g/mol. The first-order valence-electron chi connectivity index (χ1n) is 6.67. The van der Waals surface area contributed by atoms with E-state index in [1.165, 1.54) is 18.4 Å². The second-order valence-electron chi connectivity index (χ2n) is 5.05. The number of nitrogens with one attached hydrogen (secondary N) is 1. The molecule has 1 heterocycles. The summed E-state index contributed by atoms with van der Waals surface area (Å²) in [6, 6.07) is 10.8. The predicted molar refractivity (Wildman–Crippen MR) is 71.2 cm³/mol. The minimum atomic E-state index is 0.367. The van der Waals surface area contributed by atoms with E-state index in [1.54, 1.807) is 0 Å². The average molecular weight is 233 g/mol. The fourth-order valence-electron chi connectivity index (χ4n) is 2.58. The Morgan fingerprint density at radius 3 is 2.76 bits per heavy atom. The zero-order valence-electron chi connectivity index (χ0n) is 10.7. The van der Waals surface area contributed by atoms with Crippen molar-refractivity contribution in [3.05, 3.63) is 35.9 Å². The molecule has 1 unspecified atom stereocenters. The Bertz CT molecular complexity index is 317. The second-order valence-corrected chi connectivity index (χ2v) is 5.05. The molecule has 94 valence electrons. The van der Waals surface area contributed by atoms with Crippen molar-refractivity contribution in [1.82, 2.24) is 5.32 Å². The molecule has 0 amide bonds. The summed E-state index contributed by atoms with van der Waals surface area (Å²) < 4.78 is 5.67. The quantitative estimate of drug-likeness (QED) is 0.815. The Hall–Kier alpha value is -0.860. The lowest BCUT2D eigenvalue weighted by molar-refractivity contribution is 0.0563. The fraction of sp³-hybridized carbons (Fsp3) is 0.600. The van der Waals surface area contributed by atoms with Crippen LogP contribution >= 0.6 is 0 Å². The van der Waals surface area contributed by atoms with Crippen LogP contribution in [0.4, 0.5) is 0 Å². The van der Waals surface area contributed by atoms with Gasteiger partial charge in [0.1, 0.15) is 0 Å². The van der Waals surface area contributed by atoms with Gasteiger partial charge in [0.05, 0.1) is 6.61 Å². The maximum atomic E-state index is 5.67. The topological polar surface area (TPSA) is 21.3 Å². The summed E-state index contributed by atoms with van der Waals surface area (Å²) in [5.74, 6) is 0. The van der Waals surface area contributed by atoms with Crippen molar-refractivity contribution in [1.29, 1.82) is 0 Å². The van der Waals surface area contributed by atoms with Crippen LogP contribution in [0.2, 0.25) is 0 Å². The number of aryl methyl sites for hydroxylation is 1. The third-order valence-electron chi connectivity index (χ3n) is 3.73. The van der Waals surface area contributed by atoms with Crippen molar-refractivity contribution >= 4 is 0 Å². The Labute approximate surface area is 104 Å². The summed E-state index contributed by atoms with van der Waals surface area (Å²) >= 11 is 0. The summed E-state index contributed by atoms with van der Waals surface area (Å²) in [6.07, 6.45) is 3.64. The van der Waals surface area contributed by atoms with Crippen LogP contribution in [-0.4, -0.2) is 26.3 Å². The van der Waals surface area contributed by atoms with Gasteiger partial charge in [0.2, 0.25) is 0 Å². The van der Waals surface area contributed by atoms with Gasteiger partial charge >= 0.3 is 0 Å². The van der Waals surface area contributed by atoms with Gasteiger partial charge < -0.3 is 10.1 Å². The zero-order valence-corrected chi connectivity index (χ0v) is 10.7. The zero-order chi connectivity index (χ0) is 12.0. The van der Waals surface area contributed by atoms with E-state index in [9.17, 15) is 0 Å². The molecule has 0 spiro atoms. The van der Waals surface area contributed by atoms with E-state index in [1.807, 2.05) is 0 Å². The van der Waals surface area contributed by atoms with Gasteiger partial charge in [-0.2, -0.15) is 0 Å². The van der Waals surface area contributed by atoms with E-state index in [4.69, 9.17) is 4.74 Å². The molecule has 1 atom stereocenters. The van der Waals surface area contributed by atoms with Gasteiger partial charge in [-0.25, -0.2) is 0 Å². The van der Waals surface area contributed by atoms with Gasteiger partial charge in [-0.05, 0) is 38.3 Å². The molecule has 2 nitrogen and oxygen atoms in total. The lowest BCUT2D eigenvalue weighted by Gasteiger charge is -2.27. The van der Waals surface area contributed by atoms with E-state index in [2.05, 4.69) is 42.6 Å². The Kier molecular flexibility index (Phi) is 4.57. The normalized spacial score (nSPS) is 24.1. The molecule has 2 heteroatoms. The largest absolute Gasteiger partial charge is 0.381 e.